The van der Waals surface area contributed by atoms with E-state index in [1.165, 1.54) is 5.56 Å². The molecule has 0 aromatic heterocycles. The lowest BCUT2D eigenvalue weighted by Gasteiger charge is -2.40. The number of carbonyl (C=O) groups is 1. The molecule has 0 radical (unpaired) electrons. The van der Waals surface area contributed by atoms with Crippen molar-refractivity contribution in [2.45, 2.75) is 26.3 Å². The fourth-order valence-corrected chi connectivity index (χ4v) is 2.61. The van der Waals surface area contributed by atoms with Gasteiger partial charge in [-0.25, -0.2) is 0 Å². The molecule has 1 fully saturated rings. The topological polar surface area (TPSA) is 20.3 Å². The van der Waals surface area contributed by atoms with Crippen LogP contribution in [-0.4, -0.2) is 24.3 Å². The third-order valence-corrected chi connectivity index (χ3v) is 3.82. The van der Waals surface area contributed by atoms with Crippen LogP contribution in [0.3, 0.4) is 0 Å². The molecule has 0 saturated carbocycles. The Labute approximate surface area is 120 Å². The van der Waals surface area contributed by atoms with Gasteiger partial charge in [-0.2, -0.15) is 0 Å². The first-order valence-corrected chi connectivity index (χ1v) is 6.27. The number of ketones is 1. The summed E-state index contributed by atoms with van der Waals surface area (Å²) in [5.41, 5.74) is 0.943. The lowest BCUT2D eigenvalue weighted by Crippen LogP contribution is -2.45. The van der Waals surface area contributed by atoms with Gasteiger partial charge in [-0.1, -0.05) is 37.6 Å². The predicted octanol–water partition coefficient (Wildman–Crippen LogP) is 3.73. The van der Waals surface area contributed by atoms with Crippen LogP contribution in [0.4, 0.5) is 0 Å². The van der Waals surface area contributed by atoms with Gasteiger partial charge in [0.25, 0.3) is 0 Å². The molecule has 1 saturated heterocycles. The summed E-state index contributed by atoms with van der Waals surface area (Å²) in [6.07, 6.45) is 0.588. The lowest BCUT2D eigenvalue weighted by atomic mass is 9.78. The number of carbonyl (C=O) groups excluding carboxylic acids is 1. The van der Waals surface area contributed by atoms with Crippen molar-refractivity contribution in [2.75, 3.05) is 13.6 Å². The zero-order valence-electron chi connectivity index (χ0n) is 10.9. The van der Waals surface area contributed by atoms with Crippen LogP contribution < -0.4 is 0 Å². The van der Waals surface area contributed by atoms with Crippen molar-refractivity contribution < 1.29 is 4.79 Å². The highest BCUT2D eigenvalue weighted by Gasteiger charge is 2.38. The van der Waals surface area contributed by atoms with Crippen LogP contribution in [0.15, 0.2) is 24.3 Å². The fourth-order valence-electron chi connectivity index (χ4n) is 2.49. The molecule has 0 bridgehead atoms. The summed E-state index contributed by atoms with van der Waals surface area (Å²) in [5.74, 6) is 0.343. The molecule has 1 aliphatic heterocycles. The van der Waals surface area contributed by atoms with Gasteiger partial charge in [0, 0.05) is 29.4 Å². The Hall–Kier alpha value is -0.570. The minimum Gasteiger partial charge on any atom is -0.299 e. The summed E-state index contributed by atoms with van der Waals surface area (Å²) in [6, 6.07) is 7.97. The molecule has 2 nitrogen and oxygen atoms in total. The Kier molecular flexibility index (Phi) is 4.82. The average molecular weight is 288 g/mol. The van der Waals surface area contributed by atoms with Gasteiger partial charge in [0.15, 0.2) is 0 Å². The number of benzene rings is 1. The van der Waals surface area contributed by atoms with Crippen molar-refractivity contribution in [1.29, 1.82) is 0 Å². The number of likely N-dealkylation sites (tertiary alicyclic amines) is 1. The van der Waals surface area contributed by atoms with Crippen LogP contribution in [0.2, 0.25) is 5.02 Å². The van der Waals surface area contributed by atoms with E-state index >= 15 is 0 Å². The fraction of sp³-hybridized carbons (Fsp3) is 0.500. The number of hydrogen-bond donors (Lipinski definition) is 0. The number of piperidine rings is 1. The van der Waals surface area contributed by atoms with E-state index < -0.39 is 0 Å². The molecular weight excluding hydrogens is 269 g/mol. The molecule has 4 heteroatoms. The molecule has 0 aliphatic carbocycles. The summed E-state index contributed by atoms with van der Waals surface area (Å²) in [6.45, 7) is 4.84. The van der Waals surface area contributed by atoms with Gasteiger partial charge in [0.2, 0.25) is 0 Å². The van der Waals surface area contributed by atoms with Crippen molar-refractivity contribution in [3.8, 4) is 0 Å². The Balaban J connectivity index is 0.00000162. The second-order valence-electron chi connectivity index (χ2n) is 5.49. The highest BCUT2D eigenvalue weighted by Crippen LogP contribution is 2.35. The largest absolute Gasteiger partial charge is 0.299 e. The third kappa shape index (κ3) is 3.05. The number of hydrogen-bond acceptors (Lipinski definition) is 2. The summed E-state index contributed by atoms with van der Waals surface area (Å²) in [7, 11) is 2.08. The van der Waals surface area contributed by atoms with Crippen LogP contribution in [-0.2, 0) is 4.79 Å². The molecular formula is C14H19Cl2NO. The van der Waals surface area contributed by atoms with Crippen LogP contribution in [0.1, 0.15) is 31.9 Å². The molecule has 1 aliphatic rings. The molecule has 1 unspecified atom stereocenters. The normalized spacial score (nSPS) is 23.6. The van der Waals surface area contributed by atoms with E-state index in [9.17, 15) is 4.79 Å². The van der Waals surface area contributed by atoms with Crippen molar-refractivity contribution >= 4 is 29.8 Å². The number of halogens is 2. The highest BCUT2D eigenvalue weighted by molar-refractivity contribution is 6.30. The van der Waals surface area contributed by atoms with E-state index in [1.807, 2.05) is 38.1 Å². The highest BCUT2D eigenvalue weighted by atomic mass is 35.5. The second-order valence-corrected chi connectivity index (χ2v) is 5.93. The van der Waals surface area contributed by atoms with Gasteiger partial charge in [-0.3, -0.25) is 9.69 Å². The summed E-state index contributed by atoms with van der Waals surface area (Å²) in [4.78, 5) is 14.3. The average Bonchev–Trinajstić information content (AvgIpc) is 2.24. The van der Waals surface area contributed by atoms with E-state index in [1.54, 1.807) is 0 Å². The standard InChI is InChI=1S/C14H18ClNO.ClH/c1-14(2)9-16(3)12(8-13(14)17)10-4-6-11(15)7-5-10;/h4-7,12H,8-9H2,1-3H3;1H. The van der Waals surface area contributed by atoms with Gasteiger partial charge >= 0.3 is 0 Å². The first-order valence-electron chi connectivity index (χ1n) is 5.89. The van der Waals surface area contributed by atoms with Gasteiger partial charge in [-0.15, -0.1) is 12.4 Å². The minimum atomic E-state index is -0.225. The van der Waals surface area contributed by atoms with Gasteiger partial charge in [-0.05, 0) is 24.7 Å². The molecule has 1 atom stereocenters. The van der Waals surface area contributed by atoms with E-state index in [0.717, 1.165) is 11.6 Å². The zero-order valence-corrected chi connectivity index (χ0v) is 12.5. The molecule has 1 heterocycles. The maximum atomic E-state index is 12.1. The van der Waals surface area contributed by atoms with Crippen LogP contribution >= 0.6 is 24.0 Å². The van der Waals surface area contributed by atoms with Gasteiger partial charge < -0.3 is 0 Å². The molecule has 0 spiro atoms. The van der Waals surface area contributed by atoms with Gasteiger partial charge in [0.05, 0.1) is 0 Å². The minimum absolute atomic E-state index is 0. The van der Waals surface area contributed by atoms with Crippen molar-refractivity contribution in [3.63, 3.8) is 0 Å². The third-order valence-electron chi connectivity index (χ3n) is 3.57. The van der Waals surface area contributed by atoms with Crippen LogP contribution in [0.5, 0.6) is 0 Å². The van der Waals surface area contributed by atoms with Crippen LogP contribution in [0, 0.1) is 5.41 Å². The second kappa shape index (κ2) is 5.60. The molecule has 0 N–H and O–H groups in total. The van der Waals surface area contributed by atoms with Crippen molar-refractivity contribution in [2.24, 2.45) is 5.41 Å². The summed E-state index contributed by atoms with van der Waals surface area (Å²) in [5, 5.41) is 0.735. The number of nitrogens with zero attached hydrogens (tertiary/aromatic N) is 1. The van der Waals surface area contributed by atoms with E-state index in [4.69, 9.17) is 11.6 Å². The molecule has 2 rings (SSSR count). The molecule has 0 amide bonds. The lowest BCUT2D eigenvalue weighted by molar-refractivity contribution is -0.133. The van der Waals surface area contributed by atoms with Crippen molar-refractivity contribution in [1.82, 2.24) is 4.90 Å². The first-order chi connectivity index (χ1) is 7.90. The van der Waals surface area contributed by atoms with E-state index in [2.05, 4.69) is 11.9 Å². The number of Topliss-reactive ketones (excluding diaryl/α,β-unsaturated/α-hetero) is 1. The quantitative estimate of drug-likeness (QED) is 0.784. The molecule has 18 heavy (non-hydrogen) atoms. The zero-order chi connectivity index (χ0) is 12.6. The van der Waals surface area contributed by atoms with Crippen molar-refractivity contribution in [3.05, 3.63) is 34.9 Å². The molecule has 1 aromatic rings. The smallest absolute Gasteiger partial charge is 0.141 e. The Morgan fingerprint density at radius 1 is 1.28 bits per heavy atom. The Bertz CT molecular complexity index is 428. The monoisotopic (exact) mass is 287 g/mol. The summed E-state index contributed by atoms with van der Waals surface area (Å²) >= 11 is 5.88. The summed E-state index contributed by atoms with van der Waals surface area (Å²) < 4.78 is 0. The maximum absolute atomic E-state index is 12.1. The molecule has 1 aromatic carbocycles. The van der Waals surface area contributed by atoms with E-state index in [0.29, 0.717) is 12.2 Å². The van der Waals surface area contributed by atoms with Crippen LogP contribution in [0.25, 0.3) is 0 Å². The maximum Gasteiger partial charge on any atom is 0.141 e. The SMILES string of the molecule is CN1CC(C)(C)C(=O)CC1c1ccc(Cl)cc1.Cl. The Morgan fingerprint density at radius 2 is 1.83 bits per heavy atom. The van der Waals surface area contributed by atoms with Gasteiger partial charge in [0.1, 0.15) is 5.78 Å². The first kappa shape index (κ1) is 15.5. The Morgan fingerprint density at radius 3 is 2.39 bits per heavy atom. The number of rotatable bonds is 1. The predicted molar refractivity (Wildman–Crippen MR) is 77.5 cm³/mol. The van der Waals surface area contributed by atoms with E-state index in [-0.39, 0.29) is 23.9 Å². The molecule has 100 valence electrons.